The first-order valence-electron chi connectivity index (χ1n) is 5.64. The largest absolute Gasteiger partial charge is 0.480 e. The molecule has 7 heteroatoms. The molecule has 0 aliphatic carbocycles. The molecule has 0 bridgehead atoms. The fourth-order valence-electron chi connectivity index (χ4n) is 1.78. The average molecular weight is 262 g/mol. The quantitative estimate of drug-likeness (QED) is 0.668. The van der Waals surface area contributed by atoms with Gasteiger partial charge < -0.3 is 20.7 Å². The summed E-state index contributed by atoms with van der Waals surface area (Å²) in [6.07, 6.45) is 1.59. The zero-order valence-corrected chi connectivity index (χ0v) is 10.3. The van der Waals surface area contributed by atoms with Crippen molar-refractivity contribution in [1.29, 1.82) is 0 Å². The van der Waals surface area contributed by atoms with Gasteiger partial charge in [0.25, 0.3) is 5.91 Å². The second-order valence-electron chi connectivity index (χ2n) is 4.26. The van der Waals surface area contributed by atoms with Crippen molar-refractivity contribution in [3.05, 3.63) is 30.1 Å². The SMILES string of the molecule is CN(Cc1ccc2nc[nH]c2c1)C(=O)C(N)C(=O)O. The maximum atomic E-state index is 11.7. The standard InChI is InChI=1S/C12H14N4O3/c1-16(11(17)10(13)12(18)19)5-7-2-3-8-9(4-7)15-6-14-8/h2-4,6,10H,5,13H2,1H3,(H,14,15)(H,18,19). The molecule has 1 heterocycles. The minimum absolute atomic E-state index is 0.286. The molecule has 2 rings (SSSR count). The molecule has 1 aromatic carbocycles. The summed E-state index contributed by atoms with van der Waals surface area (Å²) >= 11 is 0. The number of nitrogens with two attached hydrogens (primary N) is 1. The molecule has 4 N–H and O–H groups in total. The normalized spacial score (nSPS) is 12.3. The predicted molar refractivity (Wildman–Crippen MR) is 68.2 cm³/mol. The molecular formula is C12H14N4O3. The second kappa shape index (κ2) is 5.07. The van der Waals surface area contributed by atoms with Crippen molar-refractivity contribution in [1.82, 2.24) is 14.9 Å². The fourth-order valence-corrected chi connectivity index (χ4v) is 1.78. The number of benzene rings is 1. The Morgan fingerprint density at radius 1 is 1.53 bits per heavy atom. The lowest BCUT2D eigenvalue weighted by atomic mass is 10.2. The number of carboxylic acids is 1. The number of fused-ring (bicyclic) bond motifs is 1. The van der Waals surface area contributed by atoms with Gasteiger partial charge >= 0.3 is 5.97 Å². The molecule has 100 valence electrons. The number of rotatable bonds is 4. The molecule has 0 aliphatic rings. The smallest absolute Gasteiger partial charge is 0.330 e. The molecular weight excluding hydrogens is 248 g/mol. The maximum absolute atomic E-state index is 11.7. The monoisotopic (exact) mass is 262 g/mol. The number of likely N-dealkylation sites (N-methyl/N-ethyl adjacent to an activating group) is 1. The van der Waals surface area contributed by atoms with Gasteiger partial charge in [0.15, 0.2) is 6.04 Å². The van der Waals surface area contributed by atoms with Crippen LogP contribution in [0.3, 0.4) is 0 Å². The number of carbonyl (C=O) groups excluding carboxylic acids is 1. The Morgan fingerprint density at radius 3 is 2.95 bits per heavy atom. The third kappa shape index (κ3) is 2.71. The van der Waals surface area contributed by atoms with Gasteiger partial charge in [-0.2, -0.15) is 0 Å². The van der Waals surface area contributed by atoms with E-state index in [0.717, 1.165) is 16.6 Å². The van der Waals surface area contributed by atoms with Crippen molar-refractivity contribution in [2.75, 3.05) is 7.05 Å². The number of aliphatic carboxylic acids is 1. The van der Waals surface area contributed by atoms with Crippen LogP contribution in [0.15, 0.2) is 24.5 Å². The van der Waals surface area contributed by atoms with Crippen LogP contribution in [0.4, 0.5) is 0 Å². The van der Waals surface area contributed by atoms with Gasteiger partial charge in [-0.3, -0.25) is 4.79 Å². The highest BCUT2D eigenvalue weighted by Crippen LogP contribution is 2.13. The summed E-state index contributed by atoms with van der Waals surface area (Å²) < 4.78 is 0. The van der Waals surface area contributed by atoms with Gasteiger partial charge in [0.1, 0.15) is 0 Å². The van der Waals surface area contributed by atoms with Crippen LogP contribution in [0.25, 0.3) is 11.0 Å². The van der Waals surface area contributed by atoms with Gasteiger partial charge in [-0.05, 0) is 17.7 Å². The molecule has 0 spiro atoms. The summed E-state index contributed by atoms with van der Waals surface area (Å²) in [5, 5.41) is 8.70. The first-order chi connectivity index (χ1) is 8.99. The number of hydrogen-bond acceptors (Lipinski definition) is 4. The van der Waals surface area contributed by atoms with E-state index >= 15 is 0 Å². The number of aromatic nitrogens is 2. The van der Waals surface area contributed by atoms with Crippen LogP contribution in [-0.4, -0.2) is 44.9 Å². The van der Waals surface area contributed by atoms with E-state index in [4.69, 9.17) is 10.8 Å². The molecule has 1 atom stereocenters. The second-order valence-corrected chi connectivity index (χ2v) is 4.26. The number of nitrogens with zero attached hydrogens (tertiary/aromatic N) is 2. The van der Waals surface area contributed by atoms with Crippen LogP contribution < -0.4 is 5.73 Å². The topological polar surface area (TPSA) is 112 Å². The number of hydrogen-bond donors (Lipinski definition) is 3. The number of carbonyl (C=O) groups is 2. The number of amides is 1. The van der Waals surface area contributed by atoms with Gasteiger partial charge in [-0.25, -0.2) is 9.78 Å². The minimum atomic E-state index is -1.53. The Balaban J connectivity index is 2.11. The Kier molecular flexibility index (Phi) is 3.48. The van der Waals surface area contributed by atoms with E-state index in [0.29, 0.717) is 0 Å². The summed E-state index contributed by atoms with van der Waals surface area (Å²) in [7, 11) is 1.52. The van der Waals surface area contributed by atoms with Crippen LogP contribution in [0.1, 0.15) is 5.56 Å². The summed E-state index contributed by atoms with van der Waals surface area (Å²) in [6.45, 7) is 0.286. The van der Waals surface area contributed by atoms with Gasteiger partial charge in [-0.1, -0.05) is 6.07 Å². The maximum Gasteiger partial charge on any atom is 0.330 e. The van der Waals surface area contributed by atoms with Crippen LogP contribution in [0, 0.1) is 0 Å². The van der Waals surface area contributed by atoms with Crippen molar-refractivity contribution in [2.24, 2.45) is 5.73 Å². The molecule has 1 aromatic heterocycles. The third-order valence-corrected chi connectivity index (χ3v) is 2.81. The Bertz CT molecular complexity index is 622. The van der Waals surface area contributed by atoms with E-state index in [1.54, 1.807) is 6.33 Å². The number of H-pyrrole nitrogens is 1. The lowest BCUT2D eigenvalue weighted by Crippen LogP contribution is -2.46. The van der Waals surface area contributed by atoms with Crippen LogP contribution >= 0.6 is 0 Å². The summed E-state index contributed by atoms with van der Waals surface area (Å²) in [5.41, 5.74) is 7.84. The van der Waals surface area contributed by atoms with Crippen LogP contribution in [0.2, 0.25) is 0 Å². The van der Waals surface area contributed by atoms with Crippen molar-refractivity contribution >= 4 is 22.9 Å². The molecule has 7 nitrogen and oxygen atoms in total. The van der Waals surface area contributed by atoms with E-state index in [1.807, 2.05) is 18.2 Å². The molecule has 1 amide bonds. The minimum Gasteiger partial charge on any atom is -0.480 e. The molecule has 0 aliphatic heterocycles. The highest BCUT2D eigenvalue weighted by atomic mass is 16.4. The lowest BCUT2D eigenvalue weighted by molar-refractivity contribution is -0.146. The van der Waals surface area contributed by atoms with E-state index < -0.39 is 17.9 Å². The van der Waals surface area contributed by atoms with Crippen LogP contribution in [-0.2, 0) is 16.1 Å². The average Bonchev–Trinajstić information content (AvgIpc) is 2.84. The molecule has 2 aromatic rings. The predicted octanol–water partition coefficient (Wildman–Crippen LogP) is -0.0668. The zero-order valence-electron chi connectivity index (χ0n) is 10.3. The van der Waals surface area contributed by atoms with E-state index in [9.17, 15) is 9.59 Å². The Labute approximate surface area is 109 Å². The molecule has 0 radical (unpaired) electrons. The highest BCUT2D eigenvalue weighted by Gasteiger charge is 2.24. The van der Waals surface area contributed by atoms with Crippen molar-refractivity contribution < 1.29 is 14.7 Å². The summed E-state index contributed by atoms with van der Waals surface area (Å²) in [6, 6.07) is 4.00. The van der Waals surface area contributed by atoms with Crippen molar-refractivity contribution in [3.63, 3.8) is 0 Å². The van der Waals surface area contributed by atoms with Gasteiger partial charge in [0.2, 0.25) is 0 Å². The fraction of sp³-hybridized carbons (Fsp3) is 0.250. The highest BCUT2D eigenvalue weighted by molar-refractivity contribution is 6.00. The first kappa shape index (κ1) is 13.0. The molecule has 1 unspecified atom stereocenters. The number of nitrogens with one attached hydrogen (secondary N) is 1. The van der Waals surface area contributed by atoms with Gasteiger partial charge in [0.05, 0.1) is 17.4 Å². The number of carboxylic acid groups (broad SMARTS) is 1. The lowest BCUT2D eigenvalue weighted by Gasteiger charge is -2.19. The molecule has 0 saturated heterocycles. The molecule has 0 saturated carbocycles. The van der Waals surface area contributed by atoms with E-state index in [1.165, 1.54) is 11.9 Å². The number of imidazole rings is 1. The van der Waals surface area contributed by atoms with Crippen LogP contribution in [0.5, 0.6) is 0 Å². The zero-order chi connectivity index (χ0) is 14.0. The van der Waals surface area contributed by atoms with Gasteiger partial charge in [0, 0.05) is 13.6 Å². The summed E-state index contributed by atoms with van der Waals surface area (Å²) in [4.78, 5) is 30.7. The van der Waals surface area contributed by atoms with E-state index in [-0.39, 0.29) is 6.54 Å². The first-order valence-corrected chi connectivity index (χ1v) is 5.64. The Hall–Kier alpha value is -2.41. The molecule has 19 heavy (non-hydrogen) atoms. The number of aromatic amines is 1. The van der Waals surface area contributed by atoms with E-state index in [2.05, 4.69) is 9.97 Å². The Morgan fingerprint density at radius 2 is 2.26 bits per heavy atom. The van der Waals surface area contributed by atoms with Crippen molar-refractivity contribution in [2.45, 2.75) is 12.6 Å². The van der Waals surface area contributed by atoms with Gasteiger partial charge in [-0.15, -0.1) is 0 Å². The molecule has 0 fully saturated rings. The summed E-state index contributed by atoms with van der Waals surface area (Å²) in [5.74, 6) is -1.96. The van der Waals surface area contributed by atoms with Crippen molar-refractivity contribution in [3.8, 4) is 0 Å². The third-order valence-electron chi connectivity index (χ3n) is 2.81.